The standard InChI is InChI=1S/C12H15BrN2O3/c1-14-11(17)5-6-15(2)12(18)8-3-4-9(13)10(16)7-8/h3-4,7,16H,5-6H2,1-2H3,(H,14,17). The van der Waals surface area contributed by atoms with E-state index in [4.69, 9.17) is 0 Å². The lowest BCUT2D eigenvalue weighted by atomic mass is 10.2. The molecule has 6 heteroatoms. The molecule has 0 aromatic heterocycles. The monoisotopic (exact) mass is 314 g/mol. The maximum atomic E-state index is 12.0. The molecule has 5 nitrogen and oxygen atoms in total. The summed E-state index contributed by atoms with van der Waals surface area (Å²) in [6.07, 6.45) is 0.251. The van der Waals surface area contributed by atoms with Gasteiger partial charge in [-0.15, -0.1) is 0 Å². The normalized spacial score (nSPS) is 9.94. The number of hydrogen-bond donors (Lipinski definition) is 2. The van der Waals surface area contributed by atoms with Crippen LogP contribution in [0, 0.1) is 0 Å². The third kappa shape index (κ3) is 3.73. The largest absolute Gasteiger partial charge is 0.507 e. The molecule has 0 atom stereocenters. The molecule has 18 heavy (non-hydrogen) atoms. The summed E-state index contributed by atoms with van der Waals surface area (Å²) in [6.45, 7) is 0.329. The molecule has 0 aliphatic heterocycles. The van der Waals surface area contributed by atoms with Crippen molar-refractivity contribution >= 4 is 27.7 Å². The highest BCUT2D eigenvalue weighted by Crippen LogP contribution is 2.24. The van der Waals surface area contributed by atoms with Crippen LogP contribution in [0.5, 0.6) is 5.75 Å². The van der Waals surface area contributed by atoms with Gasteiger partial charge < -0.3 is 15.3 Å². The van der Waals surface area contributed by atoms with Gasteiger partial charge in [-0.1, -0.05) is 0 Å². The summed E-state index contributed by atoms with van der Waals surface area (Å²) in [5.41, 5.74) is 0.384. The molecule has 0 bridgehead atoms. The Balaban J connectivity index is 2.68. The fourth-order valence-electron chi connectivity index (χ4n) is 1.36. The third-order valence-electron chi connectivity index (χ3n) is 2.49. The molecule has 0 spiro atoms. The molecule has 0 saturated heterocycles. The molecule has 1 aromatic rings. The lowest BCUT2D eigenvalue weighted by Crippen LogP contribution is -2.31. The highest BCUT2D eigenvalue weighted by atomic mass is 79.9. The van der Waals surface area contributed by atoms with Crippen LogP contribution >= 0.6 is 15.9 Å². The summed E-state index contributed by atoms with van der Waals surface area (Å²) in [5, 5.41) is 12.0. The molecule has 98 valence electrons. The number of halogens is 1. The zero-order valence-electron chi connectivity index (χ0n) is 10.2. The molecule has 1 rings (SSSR count). The van der Waals surface area contributed by atoms with Gasteiger partial charge in [-0.2, -0.15) is 0 Å². The molecule has 0 unspecified atom stereocenters. The van der Waals surface area contributed by atoms with E-state index in [-0.39, 0.29) is 24.0 Å². The summed E-state index contributed by atoms with van der Waals surface area (Å²) >= 11 is 3.15. The predicted octanol–water partition coefficient (Wildman–Crippen LogP) is 1.36. The number of phenolic OH excluding ortho intramolecular Hbond substituents is 1. The van der Waals surface area contributed by atoms with Gasteiger partial charge in [0.05, 0.1) is 4.47 Å². The fraction of sp³-hybridized carbons (Fsp3) is 0.333. The molecular weight excluding hydrogens is 300 g/mol. The van der Waals surface area contributed by atoms with Crippen molar-refractivity contribution in [1.82, 2.24) is 10.2 Å². The van der Waals surface area contributed by atoms with Crippen LogP contribution in [0.25, 0.3) is 0 Å². The first-order valence-corrected chi connectivity index (χ1v) is 6.19. The van der Waals surface area contributed by atoms with Crippen LogP contribution in [0.4, 0.5) is 0 Å². The van der Waals surface area contributed by atoms with E-state index in [0.29, 0.717) is 16.6 Å². The number of phenols is 1. The second-order valence-corrected chi connectivity index (χ2v) is 4.67. The van der Waals surface area contributed by atoms with Gasteiger partial charge in [-0.25, -0.2) is 0 Å². The Labute approximate surface area is 114 Å². The summed E-state index contributed by atoms with van der Waals surface area (Å²) in [6, 6.07) is 4.61. The number of nitrogens with zero attached hydrogens (tertiary/aromatic N) is 1. The number of aromatic hydroxyl groups is 1. The van der Waals surface area contributed by atoms with E-state index >= 15 is 0 Å². The van der Waals surface area contributed by atoms with Crippen molar-refractivity contribution in [3.8, 4) is 5.75 Å². The van der Waals surface area contributed by atoms with E-state index in [2.05, 4.69) is 21.2 Å². The average molecular weight is 315 g/mol. The fourth-order valence-corrected chi connectivity index (χ4v) is 1.61. The minimum Gasteiger partial charge on any atom is -0.507 e. The van der Waals surface area contributed by atoms with E-state index < -0.39 is 0 Å². The van der Waals surface area contributed by atoms with Crippen LogP contribution in [-0.4, -0.2) is 42.5 Å². The first-order chi connectivity index (χ1) is 8.45. The van der Waals surface area contributed by atoms with Crippen LogP contribution in [0.3, 0.4) is 0 Å². The maximum Gasteiger partial charge on any atom is 0.253 e. The summed E-state index contributed by atoms with van der Waals surface area (Å²) in [5.74, 6) is -0.337. The summed E-state index contributed by atoms with van der Waals surface area (Å²) < 4.78 is 0.534. The first-order valence-electron chi connectivity index (χ1n) is 5.40. The number of amides is 2. The minimum atomic E-state index is -0.235. The average Bonchev–Trinajstić information content (AvgIpc) is 2.37. The van der Waals surface area contributed by atoms with Gasteiger partial charge in [-0.05, 0) is 34.1 Å². The van der Waals surface area contributed by atoms with Gasteiger partial charge in [0, 0.05) is 32.6 Å². The highest BCUT2D eigenvalue weighted by molar-refractivity contribution is 9.10. The van der Waals surface area contributed by atoms with Gasteiger partial charge >= 0.3 is 0 Å². The second kappa shape index (κ2) is 6.39. The Bertz CT molecular complexity index is 463. The van der Waals surface area contributed by atoms with Gasteiger partial charge in [0.25, 0.3) is 5.91 Å². The van der Waals surface area contributed by atoms with Crippen LogP contribution in [0.2, 0.25) is 0 Å². The molecule has 0 heterocycles. The second-order valence-electron chi connectivity index (χ2n) is 3.82. The molecule has 0 saturated carbocycles. The lowest BCUT2D eigenvalue weighted by Gasteiger charge is -2.16. The third-order valence-corrected chi connectivity index (χ3v) is 3.16. The van der Waals surface area contributed by atoms with Crippen LogP contribution < -0.4 is 5.32 Å². The van der Waals surface area contributed by atoms with E-state index in [1.165, 1.54) is 11.0 Å². The maximum absolute atomic E-state index is 12.0. The Morgan fingerprint density at radius 3 is 2.67 bits per heavy atom. The Morgan fingerprint density at radius 2 is 2.11 bits per heavy atom. The molecule has 1 aromatic carbocycles. The summed E-state index contributed by atoms with van der Waals surface area (Å²) in [4.78, 5) is 24.5. The van der Waals surface area contributed by atoms with E-state index in [0.717, 1.165) is 0 Å². The number of benzene rings is 1. The van der Waals surface area contributed by atoms with Gasteiger partial charge in [0.15, 0.2) is 0 Å². The molecular formula is C12H15BrN2O3. The quantitative estimate of drug-likeness (QED) is 0.881. The number of nitrogens with one attached hydrogen (secondary N) is 1. The van der Waals surface area contributed by atoms with Crippen molar-refractivity contribution in [3.05, 3.63) is 28.2 Å². The van der Waals surface area contributed by atoms with Gasteiger partial charge in [-0.3, -0.25) is 9.59 Å². The Kier molecular flexibility index (Phi) is 5.15. The molecule has 0 fully saturated rings. The highest BCUT2D eigenvalue weighted by Gasteiger charge is 2.13. The predicted molar refractivity (Wildman–Crippen MR) is 71.5 cm³/mol. The van der Waals surface area contributed by atoms with E-state index in [1.807, 2.05) is 0 Å². The number of hydrogen-bond acceptors (Lipinski definition) is 3. The van der Waals surface area contributed by atoms with Crippen molar-refractivity contribution in [2.75, 3.05) is 20.6 Å². The minimum absolute atomic E-state index is 0.0144. The van der Waals surface area contributed by atoms with Crippen molar-refractivity contribution in [3.63, 3.8) is 0 Å². The molecule has 0 aliphatic carbocycles. The molecule has 0 radical (unpaired) electrons. The zero-order chi connectivity index (χ0) is 13.7. The number of rotatable bonds is 4. The first kappa shape index (κ1) is 14.5. The Morgan fingerprint density at radius 1 is 1.44 bits per heavy atom. The molecule has 0 aliphatic rings. The smallest absolute Gasteiger partial charge is 0.253 e. The Hall–Kier alpha value is -1.56. The lowest BCUT2D eigenvalue weighted by molar-refractivity contribution is -0.120. The van der Waals surface area contributed by atoms with Crippen molar-refractivity contribution in [1.29, 1.82) is 0 Å². The molecule has 2 amide bonds. The van der Waals surface area contributed by atoms with Crippen LogP contribution in [0.15, 0.2) is 22.7 Å². The number of carbonyl (C=O) groups is 2. The van der Waals surface area contributed by atoms with Crippen LogP contribution in [-0.2, 0) is 4.79 Å². The summed E-state index contributed by atoms with van der Waals surface area (Å²) in [7, 11) is 3.17. The van der Waals surface area contributed by atoms with Crippen molar-refractivity contribution in [2.45, 2.75) is 6.42 Å². The SMILES string of the molecule is CNC(=O)CCN(C)C(=O)c1ccc(Br)c(O)c1. The zero-order valence-corrected chi connectivity index (χ0v) is 11.8. The number of carbonyl (C=O) groups excluding carboxylic acids is 2. The van der Waals surface area contributed by atoms with Crippen molar-refractivity contribution in [2.24, 2.45) is 0 Å². The molecule has 2 N–H and O–H groups in total. The van der Waals surface area contributed by atoms with Gasteiger partial charge in [0.1, 0.15) is 5.75 Å². The van der Waals surface area contributed by atoms with Crippen LogP contribution in [0.1, 0.15) is 16.8 Å². The van der Waals surface area contributed by atoms with Gasteiger partial charge in [0.2, 0.25) is 5.91 Å². The van der Waals surface area contributed by atoms with Crippen molar-refractivity contribution < 1.29 is 14.7 Å². The van der Waals surface area contributed by atoms with E-state index in [9.17, 15) is 14.7 Å². The van der Waals surface area contributed by atoms with E-state index in [1.54, 1.807) is 26.2 Å². The topological polar surface area (TPSA) is 69.6 Å².